The van der Waals surface area contributed by atoms with E-state index in [2.05, 4.69) is 28.4 Å². The molecule has 0 radical (unpaired) electrons. The standard InChI is InChI=1S/C20H23FN4/c1-4-7-15(18-10-12-23-20(22)24-18)11-13-25(3)19(5-2)16-8-6-9-17(21)14-16/h4,6-14,19H,1,5H2,2-3H3,(H2,22,23,24)/b13-11-,15-7+. The van der Waals surface area contributed by atoms with Crippen LogP contribution < -0.4 is 5.73 Å². The maximum atomic E-state index is 13.5. The van der Waals surface area contributed by atoms with Gasteiger partial charge in [0.2, 0.25) is 5.95 Å². The lowest BCUT2D eigenvalue weighted by Crippen LogP contribution is -2.18. The Hall–Kier alpha value is -2.95. The second kappa shape index (κ2) is 8.78. The molecule has 0 fully saturated rings. The van der Waals surface area contributed by atoms with Crippen LogP contribution >= 0.6 is 0 Å². The van der Waals surface area contributed by atoms with Gasteiger partial charge in [0.05, 0.1) is 11.7 Å². The number of nitrogens with two attached hydrogens (primary N) is 1. The number of nitrogen functional groups attached to an aromatic ring is 1. The predicted molar refractivity (Wildman–Crippen MR) is 101 cm³/mol. The van der Waals surface area contributed by atoms with Gasteiger partial charge >= 0.3 is 0 Å². The predicted octanol–water partition coefficient (Wildman–Crippen LogP) is 4.36. The lowest BCUT2D eigenvalue weighted by atomic mass is 10.0. The van der Waals surface area contributed by atoms with Gasteiger partial charge in [0.1, 0.15) is 5.82 Å². The van der Waals surface area contributed by atoms with E-state index in [9.17, 15) is 4.39 Å². The molecular formula is C20H23FN4. The Bertz CT molecular complexity index is 783. The summed E-state index contributed by atoms with van der Waals surface area (Å²) in [6, 6.07) is 8.57. The van der Waals surface area contributed by atoms with Gasteiger partial charge in [-0.15, -0.1) is 0 Å². The Morgan fingerprint density at radius 2 is 2.20 bits per heavy atom. The zero-order valence-corrected chi connectivity index (χ0v) is 14.6. The van der Waals surface area contributed by atoms with Crippen molar-refractivity contribution in [2.75, 3.05) is 12.8 Å². The van der Waals surface area contributed by atoms with Crippen molar-refractivity contribution in [2.24, 2.45) is 0 Å². The zero-order chi connectivity index (χ0) is 18.2. The van der Waals surface area contributed by atoms with E-state index in [1.165, 1.54) is 6.07 Å². The molecule has 0 spiro atoms. The molecule has 0 bridgehead atoms. The van der Waals surface area contributed by atoms with E-state index in [4.69, 9.17) is 5.73 Å². The highest BCUT2D eigenvalue weighted by Gasteiger charge is 2.13. The lowest BCUT2D eigenvalue weighted by molar-refractivity contribution is 0.327. The minimum absolute atomic E-state index is 0.0763. The maximum Gasteiger partial charge on any atom is 0.220 e. The molecule has 0 aliphatic rings. The van der Waals surface area contributed by atoms with Gasteiger partial charge in [-0.3, -0.25) is 0 Å². The Morgan fingerprint density at radius 1 is 1.40 bits per heavy atom. The highest BCUT2D eigenvalue weighted by molar-refractivity contribution is 5.73. The fourth-order valence-electron chi connectivity index (χ4n) is 2.66. The van der Waals surface area contributed by atoms with Crippen molar-refractivity contribution in [3.63, 3.8) is 0 Å². The first kappa shape index (κ1) is 18.4. The summed E-state index contributed by atoms with van der Waals surface area (Å²) in [5.74, 6) is -0.00237. The van der Waals surface area contributed by atoms with Crippen LogP contribution in [-0.4, -0.2) is 21.9 Å². The molecule has 1 aromatic heterocycles. The molecule has 25 heavy (non-hydrogen) atoms. The van der Waals surface area contributed by atoms with Gasteiger partial charge in [0.15, 0.2) is 0 Å². The highest BCUT2D eigenvalue weighted by Crippen LogP contribution is 2.24. The smallest absolute Gasteiger partial charge is 0.220 e. The number of rotatable bonds is 7. The van der Waals surface area contributed by atoms with Gasteiger partial charge in [-0.25, -0.2) is 14.4 Å². The summed E-state index contributed by atoms with van der Waals surface area (Å²) < 4.78 is 13.5. The number of hydrogen-bond acceptors (Lipinski definition) is 4. The molecule has 0 aliphatic carbocycles. The van der Waals surface area contributed by atoms with Crippen molar-refractivity contribution in [1.29, 1.82) is 0 Å². The SMILES string of the molecule is C=C/C=C(\C=C/N(C)C(CC)c1cccc(F)c1)c1ccnc(N)n1. The Kier molecular flexibility index (Phi) is 6.46. The molecule has 130 valence electrons. The average molecular weight is 338 g/mol. The summed E-state index contributed by atoms with van der Waals surface area (Å²) >= 11 is 0. The number of benzene rings is 1. The molecule has 5 heteroatoms. The summed E-state index contributed by atoms with van der Waals surface area (Å²) in [6.07, 6.45) is 9.91. The van der Waals surface area contributed by atoms with Crippen molar-refractivity contribution in [2.45, 2.75) is 19.4 Å². The van der Waals surface area contributed by atoms with Gasteiger partial charge in [0, 0.05) is 18.8 Å². The van der Waals surface area contributed by atoms with Gasteiger partial charge in [-0.05, 0) is 42.5 Å². The van der Waals surface area contributed by atoms with Crippen LogP contribution in [0.3, 0.4) is 0 Å². The molecule has 1 heterocycles. The third-order valence-electron chi connectivity index (χ3n) is 3.87. The van der Waals surface area contributed by atoms with Crippen LogP contribution in [0.4, 0.5) is 10.3 Å². The first-order valence-electron chi connectivity index (χ1n) is 8.12. The second-order valence-electron chi connectivity index (χ2n) is 5.62. The fraction of sp³-hybridized carbons (Fsp3) is 0.200. The van der Waals surface area contributed by atoms with Crippen molar-refractivity contribution >= 4 is 11.5 Å². The first-order valence-corrected chi connectivity index (χ1v) is 8.12. The Balaban J connectivity index is 2.24. The fourth-order valence-corrected chi connectivity index (χ4v) is 2.66. The molecule has 0 aliphatic heterocycles. The van der Waals surface area contributed by atoms with Crippen molar-refractivity contribution in [3.05, 3.63) is 84.6 Å². The molecule has 2 aromatic rings. The van der Waals surface area contributed by atoms with Gasteiger partial charge in [-0.1, -0.05) is 37.8 Å². The number of allylic oxidation sites excluding steroid dienone is 4. The zero-order valence-electron chi connectivity index (χ0n) is 14.6. The van der Waals surface area contributed by atoms with E-state index in [1.807, 2.05) is 31.5 Å². The molecule has 4 nitrogen and oxygen atoms in total. The minimum Gasteiger partial charge on any atom is -0.373 e. The van der Waals surface area contributed by atoms with Crippen LogP contribution in [-0.2, 0) is 0 Å². The molecule has 2 N–H and O–H groups in total. The normalized spacial score (nSPS) is 13.0. The Morgan fingerprint density at radius 3 is 2.84 bits per heavy atom. The number of nitrogens with zero attached hydrogens (tertiary/aromatic N) is 3. The van der Waals surface area contributed by atoms with Gasteiger partial charge in [0.25, 0.3) is 0 Å². The van der Waals surface area contributed by atoms with E-state index >= 15 is 0 Å². The van der Waals surface area contributed by atoms with E-state index in [1.54, 1.807) is 30.5 Å². The lowest BCUT2D eigenvalue weighted by Gasteiger charge is -2.26. The summed E-state index contributed by atoms with van der Waals surface area (Å²) in [7, 11) is 1.97. The van der Waals surface area contributed by atoms with E-state index in [-0.39, 0.29) is 17.8 Å². The first-order chi connectivity index (χ1) is 12.0. The van der Waals surface area contributed by atoms with Crippen LogP contribution in [0, 0.1) is 5.82 Å². The molecule has 1 aromatic carbocycles. The highest BCUT2D eigenvalue weighted by atomic mass is 19.1. The van der Waals surface area contributed by atoms with Crippen molar-refractivity contribution in [3.8, 4) is 0 Å². The number of anilines is 1. The van der Waals surface area contributed by atoms with Crippen LogP contribution in [0.5, 0.6) is 0 Å². The number of hydrogen-bond donors (Lipinski definition) is 1. The average Bonchev–Trinajstić information content (AvgIpc) is 2.59. The number of halogens is 1. The van der Waals surface area contributed by atoms with Crippen LogP contribution in [0.1, 0.15) is 30.6 Å². The second-order valence-corrected chi connectivity index (χ2v) is 5.62. The summed E-state index contributed by atoms with van der Waals surface area (Å²) in [5, 5.41) is 0. The summed E-state index contributed by atoms with van der Waals surface area (Å²) in [6.45, 7) is 5.82. The van der Waals surface area contributed by atoms with Crippen molar-refractivity contribution < 1.29 is 4.39 Å². The monoisotopic (exact) mass is 338 g/mol. The minimum atomic E-state index is -0.225. The third kappa shape index (κ3) is 5.01. The van der Waals surface area contributed by atoms with Crippen LogP contribution in [0.15, 0.2) is 67.5 Å². The molecular weight excluding hydrogens is 315 g/mol. The largest absolute Gasteiger partial charge is 0.373 e. The molecule has 1 atom stereocenters. The van der Waals surface area contributed by atoms with Crippen LogP contribution in [0.25, 0.3) is 5.57 Å². The summed E-state index contributed by atoms with van der Waals surface area (Å²) in [4.78, 5) is 10.2. The molecule has 0 amide bonds. The molecule has 2 rings (SSSR count). The maximum absolute atomic E-state index is 13.5. The van der Waals surface area contributed by atoms with Crippen LogP contribution in [0.2, 0.25) is 0 Å². The number of aromatic nitrogens is 2. The van der Waals surface area contributed by atoms with E-state index < -0.39 is 0 Å². The molecule has 0 saturated heterocycles. The topological polar surface area (TPSA) is 55.0 Å². The van der Waals surface area contributed by atoms with Crippen molar-refractivity contribution in [1.82, 2.24) is 14.9 Å². The van der Waals surface area contributed by atoms with Gasteiger partial charge < -0.3 is 10.6 Å². The quantitative estimate of drug-likeness (QED) is 0.762. The summed E-state index contributed by atoms with van der Waals surface area (Å²) in [5.41, 5.74) is 8.19. The van der Waals surface area contributed by atoms with E-state index in [0.29, 0.717) is 0 Å². The third-order valence-corrected chi connectivity index (χ3v) is 3.87. The van der Waals surface area contributed by atoms with E-state index in [0.717, 1.165) is 23.3 Å². The van der Waals surface area contributed by atoms with Gasteiger partial charge in [-0.2, -0.15) is 0 Å². The Labute approximate surface area is 148 Å². The molecule has 1 unspecified atom stereocenters. The molecule has 0 saturated carbocycles.